The number of hydrogen-bond donors (Lipinski definition) is 0. The molecule has 0 aromatic heterocycles. The summed E-state index contributed by atoms with van der Waals surface area (Å²) in [5, 5.41) is 0.651. The molecule has 1 aliphatic heterocycles. The number of anilines is 1. The van der Waals surface area contributed by atoms with Gasteiger partial charge in [0.1, 0.15) is 0 Å². The molecule has 1 aliphatic carbocycles. The molecular formula is C25H26ClNO2. The van der Waals surface area contributed by atoms with E-state index in [1.54, 1.807) is 0 Å². The van der Waals surface area contributed by atoms with Crippen LogP contribution in [-0.2, 0) is 9.59 Å². The number of rotatable bonds is 2. The van der Waals surface area contributed by atoms with Crippen LogP contribution in [0.4, 0.5) is 5.69 Å². The lowest BCUT2D eigenvalue weighted by molar-refractivity contribution is -0.121. The first-order valence-corrected chi connectivity index (χ1v) is 10.5. The van der Waals surface area contributed by atoms with E-state index in [1.165, 1.54) is 0 Å². The summed E-state index contributed by atoms with van der Waals surface area (Å²) < 4.78 is 0. The minimum atomic E-state index is -0.209. The van der Waals surface area contributed by atoms with Crippen LogP contribution in [0, 0.1) is 19.3 Å². The highest BCUT2D eigenvalue weighted by Gasteiger charge is 2.44. The molecule has 0 N–H and O–H groups in total. The number of Topliss-reactive ketones (excluding diaryl/α,β-unsaturated/α-hetero) is 1. The Kier molecular flexibility index (Phi) is 4.90. The maximum absolute atomic E-state index is 13.4. The average Bonchev–Trinajstić information content (AvgIpc) is 2.63. The number of benzene rings is 2. The summed E-state index contributed by atoms with van der Waals surface area (Å²) in [5.41, 5.74) is 5.50. The number of amides is 1. The van der Waals surface area contributed by atoms with Gasteiger partial charge in [0.15, 0.2) is 5.78 Å². The second-order valence-electron chi connectivity index (χ2n) is 9.13. The molecule has 0 spiro atoms. The van der Waals surface area contributed by atoms with Gasteiger partial charge in [0, 0.05) is 35.1 Å². The van der Waals surface area contributed by atoms with E-state index in [1.807, 2.05) is 55.1 Å². The van der Waals surface area contributed by atoms with Crippen LogP contribution in [0.25, 0.3) is 0 Å². The quantitative estimate of drug-likeness (QED) is 0.601. The van der Waals surface area contributed by atoms with E-state index in [4.69, 9.17) is 11.6 Å². The monoisotopic (exact) mass is 407 g/mol. The molecule has 1 unspecified atom stereocenters. The number of halogens is 1. The summed E-state index contributed by atoms with van der Waals surface area (Å²) in [4.78, 5) is 28.6. The predicted molar refractivity (Wildman–Crippen MR) is 117 cm³/mol. The number of aryl methyl sites for hydroxylation is 2. The topological polar surface area (TPSA) is 37.4 Å². The minimum absolute atomic E-state index is 0.0444. The van der Waals surface area contributed by atoms with Crippen LogP contribution in [0.15, 0.2) is 53.7 Å². The number of allylic oxidation sites excluding steroid dienone is 2. The van der Waals surface area contributed by atoms with Crippen molar-refractivity contribution in [2.45, 2.75) is 52.9 Å². The van der Waals surface area contributed by atoms with Crippen molar-refractivity contribution in [1.82, 2.24) is 0 Å². The van der Waals surface area contributed by atoms with E-state index in [0.29, 0.717) is 24.3 Å². The molecule has 150 valence electrons. The Hall–Kier alpha value is -2.39. The van der Waals surface area contributed by atoms with E-state index in [2.05, 4.69) is 19.9 Å². The molecule has 0 radical (unpaired) electrons. The molecule has 1 atom stereocenters. The molecule has 3 nitrogen and oxygen atoms in total. The Labute approximate surface area is 177 Å². The molecule has 1 heterocycles. The van der Waals surface area contributed by atoms with Gasteiger partial charge >= 0.3 is 0 Å². The Morgan fingerprint density at radius 3 is 2.38 bits per heavy atom. The fourth-order valence-electron chi connectivity index (χ4n) is 4.63. The first-order chi connectivity index (χ1) is 13.7. The molecular weight excluding hydrogens is 382 g/mol. The molecule has 2 aromatic rings. The summed E-state index contributed by atoms with van der Waals surface area (Å²) in [6.45, 7) is 8.25. The Balaban J connectivity index is 1.92. The van der Waals surface area contributed by atoms with Crippen LogP contribution in [0.1, 0.15) is 55.7 Å². The zero-order chi connectivity index (χ0) is 20.9. The van der Waals surface area contributed by atoms with Crippen LogP contribution in [0.2, 0.25) is 5.02 Å². The molecule has 0 bridgehead atoms. The Morgan fingerprint density at radius 2 is 1.69 bits per heavy atom. The van der Waals surface area contributed by atoms with Crippen LogP contribution in [0.3, 0.4) is 0 Å². The van der Waals surface area contributed by atoms with E-state index in [-0.39, 0.29) is 23.0 Å². The summed E-state index contributed by atoms with van der Waals surface area (Å²) in [6.07, 6.45) is 1.50. The first-order valence-electron chi connectivity index (χ1n) is 10.1. The highest BCUT2D eigenvalue weighted by Crippen LogP contribution is 2.48. The number of hydrogen-bond acceptors (Lipinski definition) is 2. The van der Waals surface area contributed by atoms with Crippen molar-refractivity contribution in [3.8, 4) is 0 Å². The maximum Gasteiger partial charge on any atom is 0.232 e. The van der Waals surface area contributed by atoms with E-state index < -0.39 is 0 Å². The standard InChI is InChI=1S/C25H26ClNO2/c1-15-5-6-16(2)20(11-15)27-21-13-25(3,4)14-22(28)24(21)19(12-23(27)29)17-7-9-18(26)10-8-17/h5-11,19H,12-14H2,1-4H3. The van der Waals surface area contributed by atoms with Gasteiger partial charge in [-0.05, 0) is 60.6 Å². The number of carbonyl (C=O) groups excluding carboxylic acids is 2. The second kappa shape index (κ2) is 7.14. The molecule has 0 fully saturated rings. The van der Waals surface area contributed by atoms with Gasteiger partial charge in [0.2, 0.25) is 5.91 Å². The van der Waals surface area contributed by atoms with Crippen LogP contribution in [-0.4, -0.2) is 11.7 Å². The van der Waals surface area contributed by atoms with Crippen molar-refractivity contribution in [2.75, 3.05) is 4.90 Å². The van der Waals surface area contributed by atoms with Gasteiger partial charge in [-0.3, -0.25) is 14.5 Å². The van der Waals surface area contributed by atoms with E-state index in [9.17, 15) is 9.59 Å². The van der Waals surface area contributed by atoms with Gasteiger partial charge in [0.05, 0.1) is 5.69 Å². The molecule has 2 aromatic carbocycles. The summed E-state index contributed by atoms with van der Waals surface area (Å²) in [5.74, 6) is -0.0124. The minimum Gasteiger partial charge on any atom is -0.294 e. The van der Waals surface area contributed by atoms with Crippen LogP contribution >= 0.6 is 11.6 Å². The predicted octanol–water partition coefficient (Wildman–Crippen LogP) is 6.12. The smallest absolute Gasteiger partial charge is 0.232 e. The number of nitrogens with zero attached hydrogens (tertiary/aromatic N) is 1. The normalized spacial score (nSPS) is 21.4. The Bertz CT molecular complexity index is 1030. The molecule has 1 amide bonds. The van der Waals surface area contributed by atoms with Gasteiger partial charge in [-0.25, -0.2) is 0 Å². The summed E-state index contributed by atoms with van der Waals surface area (Å²) >= 11 is 6.06. The van der Waals surface area contributed by atoms with Crippen molar-refractivity contribution in [3.63, 3.8) is 0 Å². The molecule has 4 heteroatoms. The Morgan fingerprint density at radius 1 is 1.00 bits per heavy atom. The average molecular weight is 408 g/mol. The summed E-state index contributed by atoms with van der Waals surface area (Å²) in [6, 6.07) is 13.7. The fourth-order valence-corrected chi connectivity index (χ4v) is 4.76. The highest BCUT2D eigenvalue weighted by atomic mass is 35.5. The van der Waals surface area contributed by atoms with Gasteiger partial charge in [-0.15, -0.1) is 0 Å². The van der Waals surface area contributed by atoms with Gasteiger partial charge in [-0.1, -0.05) is 49.7 Å². The SMILES string of the molecule is Cc1ccc(C)c(N2C(=O)CC(c3ccc(Cl)cc3)C3=C2CC(C)(C)CC3=O)c1. The molecule has 2 aliphatic rings. The van der Waals surface area contributed by atoms with Gasteiger partial charge in [-0.2, -0.15) is 0 Å². The maximum atomic E-state index is 13.4. The molecule has 0 saturated heterocycles. The first kappa shape index (κ1) is 19.9. The van der Waals surface area contributed by atoms with Crippen molar-refractivity contribution in [1.29, 1.82) is 0 Å². The van der Waals surface area contributed by atoms with E-state index in [0.717, 1.165) is 33.6 Å². The number of ketones is 1. The van der Waals surface area contributed by atoms with Crippen LogP contribution < -0.4 is 4.90 Å². The number of carbonyl (C=O) groups is 2. The van der Waals surface area contributed by atoms with E-state index >= 15 is 0 Å². The van der Waals surface area contributed by atoms with Crippen LogP contribution in [0.5, 0.6) is 0 Å². The largest absolute Gasteiger partial charge is 0.294 e. The lowest BCUT2D eigenvalue weighted by Crippen LogP contribution is -2.44. The third-order valence-corrected chi connectivity index (χ3v) is 6.27. The summed E-state index contributed by atoms with van der Waals surface area (Å²) in [7, 11) is 0. The van der Waals surface area contributed by atoms with Crippen molar-refractivity contribution in [2.24, 2.45) is 5.41 Å². The highest BCUT2D eigenvalue weighted by molar-refractivity contribution is 6.30. The van der Waals surface area contributed by atoms with Crippen molar-refractivity contribution >= 4 is 29.0 Å². The zero-order valence-electron chi connectivity index (χ0n) is 17.4. The molecule has 4 rings (SSSR count). The van der Waals surface area contributed by atoms with Crippen molar-refractivity contribution < 1.29 is 9.59 Å². The third-order valence-electron chi connectivity index (χ3n) is 6.02. The lowest BCUT2D eigenvalue weighted by Gasteiger charge is -2.43. The van der Waals surface area contributed by atoms with Gasteiger partial charge < -0.3 is 0 Å². The molecule has 29 heavy (non-hydrogen) atoms. The second-order valence-corrected chi connectivity index (χ2v) is 9.57. The lowest BCUT2D eigenvalue weighted by atomic mass is 9.69. The van der Waals surface area contributed by atoms with Crippen molar-refractivity contribution in [3.05, 3.63) is 75.4 Å². The fraction of sp³-hybridized carbons (Fsp3) is 0.360. The van der Waals surface area contributed by atoms with Gasteiger partial charge in [0.25, 0.3) is 0 Å². The molecule has 0 saturated carbocycles. The third kappa shape index (κ3) is 3.64. The zero-order valence-corrected chi connectivity index (χ0v) is 18.1.